The number of fused-ring (bicyclic) bond motifs is 2. The third kappa shape index (κ3) is 2.68. The van der Waals surface area contributed by atoms with Crippen LogP contribution in [0.5, 0.6) is 5.75 Å². The van der Waals surface area contributed by atoms with E-state index in [4.69, 9.17) is 22.1 Å². The molecule has 1 fully saturated rings. The zero-order chi connectivity index (χ0) is 17.6. The number of benzene rings is 1. The summed E-state index contributed by atoms with van der Waals surface area (Å²) in [7, 11) is 1.71. The molecule has 2 aliphatic heterocycles. The van der Waals surface area contributed by atoms with E-state index in [0.717, 1.165) is 38.5 Å². The number of anilines is 3. The molecule has 3 N–H and O–H groups in total. The van der Waals surface area contributed by atoms with Gasteiger partial charge < -0.3 is 20.5 Å². The number of nitrogens with two attached hydrogens (primary N) is 1. The third-order valence-corrected chi connectivity index (χ3v) is 5.23. The smallest absolute Gasteiger partial charge is 0.222 e. The Balaban J connectivity index is 1.70. The van der Waals surface area contributed by atoms with Crippen molar-refractivity contribution in [1.82, 2.24) is 14.9 Å². The number of ether oxygens (including phenoxy) is 1. The van der Waals surface area contributed by atoms with E-state index >= 15 is 0 Å². The second kappa shape index (κ2) is 6.01. The summed E-state index contributed by atoms with van der Waals surface area (Å²) >= 11 is 6.32. The summed E-state index contributed by atoms with van der Waals surface area (Å²) in [6.07, 6.45) is 1.51. The Morgan fingerprint density at radius 2 is 2.16 bits per heavy atom. The van der Waals surface area contributed by atoms with Crippen LogP contribution >= 0.6 is 11.6 Å². The number of methoxy groups -OCH3 is 1. The number of nitrogens with zero attached hydrogens (tertiary/aromatic N) is 4. The maximum absolute atomic E-state index is 9.97. The predicted molar refractivity (Wildman–Crippen MR) is 96.6 cm³/mol. The standard InChI is InChI=1S/C17H20ClN5O2/c1-25-5-4-22-8-17(9-22)10-23(14-6-11(24)2-3-12(14)17)15-13(18)7-20-16(19)21-15/h2-3,6-7,24H,4-5,8-10H2,1H3,(H2,19,20,21). The Morgan fingerprint density at radius 1 is 1.36 bits per heavy atom. The number of aromatic hydroxyl groups is 1. The minimum Gasteiger partial charge on any atom is -0.508 e. The summed E-state index contributed by atoms with van der Waals surface area (Å²) in [6, 6.07) is 5.49. The fourth-order valence-corrected chi connectivity index (χ4v) is 4.07. The van der Waals surface area contributed by atoms with Crippen LogP contribution in [-0.2, 0) is 10.2 Å². The van der Waals surface area contributed by atoms with Crippen molar-refractivity contribution >= 4 is 29.1 Å². The Kier molecular flexibility index (Phi) is 3.94. The lowest BCUT2D eigenvalue weighted by molar-refractivity contribution is 0.0478. The van der Waals surface area contributed by atoms with Crippen molar-refractivity contribution < 1.29 is 9.84 Å². The van der Waals surface area contributed by atoms with Gasteiger partial charge in [-0.15, -0.1) is 0 Å². The summed E-state index contributed by atoms with van der Waals surface area (Å²) in [5, 5.41) is 10.4. The molecule has 0 atom stereocenters. The van der Waals surface area contributed by atoms with E-state index in [1.807, 2.05) is 11.0 Å². The number of halogens is 1. The molecule has 0 radical (unpaired) electrons. The second-order valence-corrected chi connectivity index (χ2v) is 7.08. The fraction of sp³-hybridized carbons (Fsp3) is 0.412. The summed E-state index contributed by atoms with van der Waals surface area (Å²) in [5.41, 5.74) is 7.88. The molecule has 2 aliphatic rings. The lowest BCUT2D eigenvalue weighted by Crippen LogP contribution is -2.61. The minimum absolute atomic E-state index is 0.000183. The number of aromatic nitrogens is 2. The molecule has 1 saturated heterocycles. The van der Waals surface area contributed by atoms with Crippen LogP contribution in [0, 0.1) is 0 Å². The number of likely N-dealkylation sites (tertiary alicyclic amines) is 1. The molecule has 0 bridgehead atoms. The van der Waals surface area contributed by atoms with Gasteiger partial charge in [-0.1, -0.05) is 17.7 Å². The number of hydrogen-bond acceptors (Lipinski definition) is 7. The highest BCUT2D eigenvalue weighted by Gasteiger charge is 2.51. The van der Waals surface area contributed by atoms with Crippen LogP contribution in [0.2, 0.25) is 5.02 Å². The molecule has 7 nitrogen and oxygen atoms in total. The molecule has 4 rings (SSSR count). The molecule has 0 unspecified atom stereocenters. The lowest BCUT2D eigenvalue weighted by atomic mass is 9.75. The lowest BCUT2D eigenvalue weighted by Gasteiger charge is -2.48. The molecular formula is C17H20ClN5O2. The average molecular weight is 362 g/mol. The average Bonchev–Trinajstić information content (AvgIpc) is 2.88. The summed E-state index contributed by atoms with van der Waals surface area (Å²) < 4.78 is 5.17. The maximum Gasteiger partial charge on any atom is 0.222 e. The van der Waals surface area contributed by atoms with Crippen molar-refractivity contribution in [3.8, 4) is 5.75 Å². The topological polar surface area (TPSA) is 87.7 Å². The first-order valence-electron chi connectivity index (χ1n) is 8.13. The highest BCUT2D eigenvalue weighted by atomic mass is 35.5. The van der Waals surface area contributed by atoms with Gasteiger partial charge in [0.05, 0.1) is 18.5 Å². The number of hydrogen-bond donors (Lipinski definition) is 2. The van der Waals surface area contributed by atoms with Gasteiger partial charge in [-0.25, -0.2) is 4.98 Å². The monoisotopic (exact) mass is 361 g/mol. The zero-order valence-corrected chi connectivity index (χ0v) is 14.7. The fourth-order valence-electron chi connectivity index (χ4n) is 3.87. The van der Waals surface area contributed by atoms with Crippen LogP contribution in [-0.4, -0.2) is 59.9 Å². The van der Waals surface area contributed by atoms with E-state index in [9.17, 15) is 5.11 Å². The van der Waals surface area contributed by atoms with Gasteiger partial charge in [0.15, 0.2) is 5.82 Å². The van der Waals surface area contributed by atoms with Gasteiger partial charge in [-0.2, -0.15) is 4.98 Å². The number of phenolic OH excluding ortho intramolecular Hbond substituents is 1. The molecule has 1 spiro atoms. The van der Waals surface area contributed by atoms with E-state index in [1.165, 1.54) is 11.8 Å². The molecule has 0 saturated carbocycles. The van der Waals surface area contributed by atoms with Crippen molar-refractivity contribution in [2.75, 3.05) is 50.5 Å². The normalized spacial score (nSPS) is 18.4. The summed E-state index contributed by atoms with van der Waals surface area (Å²) in [4.78, 5) is 12.6. The van der Waals surface area contributed by atoms with Gasteiger partial charge >= 0.3 is 0 Å². The molecule has 0 aliphatic carbocycles. The minimum atomic E-state index is -0.000183. The molecule has 132 valence electrons. The zero-order valence-electron chi connectivity index (χ0n) is 13.9. The van der Waals surface area contributed by atoms with Crippen LogP contribution < -0.4 is 10.6 Å². The van der Waals surface area contributed by atoms with E-state index in [2.05, 4.69) is 14.9 Å². The highest BCUT2D eigenvalue weighted by molar-refractivity contribution is 6.33. The van der Waals surface area contributed by atoms with Gasteiger partial charge in [0.25, 0.3) is 0 Å². The molecule has 1 aromatic heterocycles. The molecule has 0 amide bonds. The molecule has 8 heteroatoms. The van der Waals surface area contributed by atoms with Crippen molar-refractivity contribution in [2.45, 2.75) is 5.41 Å². The van der Waals surface area contributed by atoms with Crippen LogP contribution in [0.3, 0.4) is 0 Å². The van der Waals surface area contributed by atoms with Crippen molar-refractivity contribution in [1.29, 1.82) is 0 Å². The van der Waals surface area contributed by atoms with Crippen molar-refractivity contribution in [3.05, 3.63) is 35.0 Å². The Hall–Kier alpha value is -2.09. The van der Waals surface area contributed by atoms with Crippen LogP contribution in [0.25, 0.3) is 0 Å². The van der Waals surface area contributed by atoms with Gasteiger partial charge in [0.2, 0.25) is 5.95 Å². The van der Waals surface area contributed by atoms with E-state index in [1.54, 1.807) is 19.2 Å². The van der Waals surface area contributed by atoms with Crippen molar-refractivity contribution in [2.24, 2.45) is 0 Å². The molecule has 3 heterocycles. The maximum atomic E-state index is 9.97. The largest absolute Gasteiger partial charge is 0.508 e. The first-order chi connectivity index (χ1) is 12.0. The van der Waals surface area contributed by atoms with Gasteiger partial charge in [0.1, 0.15) is 10.8 Å². The number of rotatable bonds is 4. The molecule has 1 aromatic carbocycles. The summed E-state index contributed by atoms with van der Waals surface area (Å²) in [5.74, 6) is 0.972. The van der Waals surface area contributed by atoms with Crippen LogP contribution in [0.15, 0.2) is 24.4 Å². The quantitative estimate of drug-likeness (QED) is 0.858. The van der Waals surface area contributed by atoms with Gasteiger partial charge in [-0.3, -0.25) is 4.90 Å². The first-order valence-corrected chi connectivity index (χ1v) is 8.50. The second-order valence-electron chi connectivity index (χ2n) is 6.67. The predicted octanol–water partition coefficient (Wildman–Crippen LogP) is 1.77. The van der Waals surface area contributed by atoms with Crippen LogP contribution in [0.1, 0.15) is 5.56 Å². The molecular weight excluding hydrogens is 342 g/mol. The van der Waals surface area contributed by atoms with Crippen LogP contribution in [0.4, 0.5) is 17.5 Å². The van der Waals surface area contributed by atoms with E-state index < -0.39 is 0 Å². The van der Waals surface area contributed by atoms with Crippen molar-refractivity contribution in [3.63, 3.8) is 0 Å². The number of nitrogen functional groups attached to an aromatic ring is 1. The first kappa shape index (κ1) is 16.4. The molecule has 25 heavy (non-hydrogen) atoms. The highest BCUT2D eigenvalue weighted by Crippen LogP contribution is 2.50. The van der Waals surface area contributed by atoms with E-state index in [0.29, 0.717) is 10.8 Å². The van der Waals surface area contributed by atoms with E-state index in [-0.39, 0.29) is 17.1 Å². The SMILES string of the molecule is COCCN1CC2(C1)CN(c1nc(N)ncc1Cl)c1cc(O)ccc12. The Morgan fingerprint density at radius 3 is 2.92 bits per heavy atom. The van der Waals surface area contributed by atoms with Gasteiger partial charge in [0, 0.05) is 44.8 Å². The summed E-state index contributed by atoms with van der Waals surface area (Å²) in [6.45, 7) is 4.24. The number of phenols is 1. The molecule has 2 aromatic rings. The third-order valence-electron chi connectivity index (χ3n) is 4.97. The Bertz CT molecular complexity index is 810. The van der Waals surface area contributed by atoms with Gasteiger partial charge in [-0.05, 0) is 11.6 Å². The Labute approximate surface area is 151 Å².